The highest BCUT2D eigenvalue weighted by Gasteiger charge is 2.29. The first kappa shape index (κ1) is 26.3. The van der Waals surface area contributed by atoms with Crippen LogP contribution < -0.4 is 10.1 Å². The van der Waals surface area contributed by atoms with Gasteiger partial charge in [0.05, 0.1) is 0 Å². The number of carbonyl (C=O) groups is 2. The highest BCUT2D eigenvalue weighted by atomic mass is 35.5. The van der Waals surface area contributed by atoms with Gasteiger partial charge in [0.1, 0.15) is 11.8 Å². The van der Waals surface area contributed by atoms with Crippen molar-refractivity contribution in [3.05, 3.63) is 62.6 Å². The molecule has 32 heavy (non-hydrogen) atoms. The maximum absolute atomic E-state index is 13.2. The summed E-state index contributed by atoms with van der Waals surface area (Å²) >= 11 is 18.4. The van der Waals surface area contributed by atoms with Crippen molar-refractivity contribution in [3.8, 4) is 5.75 Å². The molecule has 1 N–H and O–H groups in total. The Labute approximate surface area is 205 Å². The molecule has 0 saturated carbocycles. The SMILES string of the molecule is CCCCNC(=O)C(CC)N(Cc1ccc(Cl)cc1Cl)C(=O)COc1ccc(Cl)c(C)c1. The molecule has 0 saturated heterocycles. The number of halogens is 3. The minimum Gasteiger partial charge on any atom is -0.484 e. The molecule has 1 atom stereocenters. The molecule has 0 aromatic heterocycles. The predicted octanol–water partition coefficient (Wildman–Crippen LogP) is 6.06. The Balaban J connectivity index is 2.23. The summed E-state index contributed by atoms with van der Waals surface area (Å²) in [4.78, 5) is 27.6. The Kier molecular flexibility index (Phi) is 10.6. The van der Waals surface area contributed by atoms with Gasteiger partial charge in [-0.1, -0.05) is 61.1 Å². The number of hydrogen-bond acceptors (Lipinski definition) is 3. The van der Waals surface area contributed by atoms with Crippen LogP contribution in [0.4, 0.5) is 0 Å². The van der Waals surface area contributed by atoms with Crippen LogP contribution in [0, 0.1) is 6.92 Å². The van der Waals surface area contributed by atoms with Gasteiger partial charge in [0.15, 0.2) is 6.61 Å². The summed E-state index contributed by atoms with van der Waals surface area (Å²) in [5.41, 5.74) is 1.55. The van der Waals surface area contributed by atoms with E-state index in [0.717, 1.165) is 18.4 Å². The van der Waals surface area contributed by atoms with Gasteiger partial charge in [-0.25, -0.2) is 0 Å². The third kappa shape index (κ3) is 7.58. The Morgan fingerprint density at radius 2 is 1.81 bits per heavy atom. The second-order valence-corrected chi connectivity index (χ2v) is 8.78. The van der Waals surface area contributed by atoms with E-state index in [4.69, 9.17) is 39.5 Å². The summed E-state index contributed by atoms with van der Waals surface area (Å²) in [6, 6.07) is 9.63. The zero-order valence-corrected chi connectivity index (χ0v) is 20.9. The molecule has 0 aliphatic rings. The van der Waals surface area contributed by atoms with E-state index >= 15 is 0 Å². The van der Waals surface area contributed by atoms with Gasteiger partial charge in [-0.05, 0) is 61.2 Å². The van der Waals surface area contributed by atoms with Crippen LogP contribution in [0.3, 0.4) is 0 Å². The van der Waals surface area contributed by atoms with Gasteiger partial charge >= 0.3 is 0 Å². The van der Waals surface area contributed by atoms with Crippen molar-refractivity contribution in [2.45, 2.75) is 52.6 Å². The van der Waals surface area contributed by atoms with Crippen LogP contribution in [0.5, 0.6) is 5.75 Å². The summed E-state index contributed by atoms with van der Waals surface area (Å²) in [7, 11) is 0. The molecule has 2 aromatic rings. The van der Waals surface area contributed by atoms with E-state index in [9.17, 15) is 9.59 Å². The first-order valence-electron chi connectivity index (χ1n) is 10.7. The van der Waals surface area contributed by atoms with Crippen molar-refractivity contribution in [1.82, 2.24) is 10.2 Å². The summed E-state index contributed by atoms with van der Waals surface area (Å²) < 4.78 is 5.71. The van der Waals surface area contributed by atoms with E-state index in [1.54, 1.807) is 36.4 Å². The van der Waals surface area contributed by atoms with Gasteiger partial charge < -0.3 is 15.0 Å². The molecule has 0 fully saturated rings. The van der Waals surface area contributed by atoms with Crippen LogP contribution in [-0.4, -0.2) is 35.9 Å². The second-order valence-electron chi connectivity index (χ2n) is 7.53. The fraction of sp³-hybridized carbons (Fsp3) is 0.417. The molecule has 0 heterocycles. The number of nitrogens with zero attached hydrogens (tertiary/aromatic N) is 1. The highest BCUT2D eigenvalue weighted by molar-refractivity contribution is 6.35. The lowest BCUT2D eigenvalue weighted by molar-refractivity contribution is -0.143. The van der Waals surface area contributed by atoms with Crippen LogP contribution in [0.15, 0.2) is 36.4 Å². The van der Waals surface area contributed by atoms with Crippen LogP contribution in [-0.2, 0) is 16.1 Å². The fourth-order valence-corrected chi connectivity index (χ4v) is 3.78. The first-order chi connectivity index (χ1) is 15.3. The molecular formula is C24H29Cl3N2O3. The monoisotopic (exact) mass is 498 g/mol. The van der Waals surface area contributed by atoms with E-state index in [1.165, 1.54) is 4.90 Å². The Morgan fingerprint density at radius 1 is 1.06 bits per heavy atom. The van der Waals surface area contributed by atoms with Crippen molar-refractivity contribution >= 4 is 46.6 Å². The molecule has 5 nitrogen and oxygen atoms in total. The molecule has 0 spiro atoms. The average Bonchev–Trinajstić information content (AvgIpc) is 2.75. The minimum atomic E-state index is -0.651. The van der Waals surface area contributed by atoms with Crippen molar-refractivity contribution < 1.29 is 14.3 Å². The number of rotatable bonds is 11. The Morgan fingerprint density at radius 3 is 2.44 bits per heavy atom. The molecule has 0 bridgehead atoms. The third-order valence-electron chi connectivity index (χ3n) is 5.06. The minimum absolute atomic E-state index is 0.164. The van der Waals surface area contributed by atoms with Crippen LogP contribution in [0.25, 0.3) is 0 Å². The smallest absolute Gasteiger partial charge is 0.261 e. The molecule has 2 rings (SSSR count). The molecule has 2 amide bonds. The number of ether oxygens (including phenoxy) is 1. The number of unbranched alkanes of at least 4 members (excludes halogenated alkanes) is 1. The lowest BCUT2D eigenvalue weighted by Crippen LogP contribution is -2.50. The average molecular weight is 500 g/mol. The number of hydrogen-bond donors (Lipinski definition) is 1. The van der Waals surface area contributed by atoms with E-state index in [2.05, 4.69) is 12.2 Å². The summed E-state index contributed by atoms with van der Waals surface area (Å²) in [5, 5.41) is 4.49. The van der Waals surface area contributed by atoms with E-state index < -0.39 is 6.04 Å². The van der Waals surface area contributed by atoms with Gasteiger partial charge in [-0.15, -0.1) is 0 Å². The lowest BCUT2D eigenvalue weighted by Gasteiger charge is -2.31. The molecule has 2 aromatic carbocycles. The van der Waals surface area contributed by atoms with E-state index in [0.29, 0.717) is 39.3 Å². The van der Waals surface area contributed by atoms with E-state index in [1.807, 2.05) is 13.8 Å². The maximum atomic E-state index is 13.2. The molecule has 1 unspecified atom stereocenters. The number of aryl methyl sites for hydroxylation is 1. The van der Waals surface area contributed by atoms with Crippen molar-refractivity contribution in [2.24, 2.45) is 0 Å². The summed E-state index contributed by atoms with van der Waals surface area (Å²) in [5.74, 6) is 0.0213. The van der Waals surface area contributed by atoms with Gasteiger partial charge in [0.25, 0.3) is 5.91 Å². The van der Waals surface area contributed by atoms with Gasteiger partial charge in [0, 0.05) is 28.2 Å². The number of amides is 2. The molecule has 174 valence electrons. The topological polar surface area (TPSA) is 58.6 Å². The van der Waals surface area contributed by atoms with Crippen LogP contribution >= 0.6 is 34.8 Å². The lowest BCUT2D eigenvalue weighted by atomic mass is 10.1. The quantitative estimate of drug-likeness (QED) is 0.382. The van der Waals surface area contributed by atoms with Crippen molar-refractivity contribution in [2.75, 3.05) is 13.2 Å². The molecule has 0 radical (unpaired) electrons. The number of carbonyl (C=O) groups excluding carboxylic acids is 2. The normalized spacial score (nSPS) is 11.7. The van der Waals surface area contributed by atoms with Crippen LogP contribution in [0.2, 0.25) is 15.1 Å². The highest BCUT2D eigenvalue weighted by Crippen LogP contribution is 2.24. The van der Waals surface area contributed by atoms with Crippen molar-refractivity contribution in [1.29, 1.82) is 0 Å². The Hall–Kier alpha value is -1.95. The van der Waals surface area contributed by atoms with Crippen LogP contribution in [0.1, 0.15) is 44.2 Å². The Bertz CT molecular complexity index is 937. The predicted molar refractivity (Wildman–Crippen MR) is 131 cm³/mol. The van der Waals surface area contributed by atoms with Gasteiger partial charge in [-0.2, -0.15) is 0 Å². The summed E-state index contributed by atoms with van der Waals surface area (Å²) in [6.45, 7) is 6.30. The number of nitrogens with one attached hydrogen (secondary N) is 1. The van der Waals surface area contributed by atoms with Crippen molar-refractivity contribution in [3.63, 3.8) is 0 Å². The van der Waals surface area contributed by atoms with Gasteiger partial charge in [0.2, 0.25) is 5.91 Å². The maximum Gasteiger partial charge on any atom is 0.261 e. The zero-order chi connectivity index (χ0) is 23.7. The zero-order valence-electron chi connectivity index (χ0n) is 18.6. The number of benzene rings is 2. The largest absolute Gasteiger partial charge is 0.484 e. The summed E-state index contributed by atoms with van der Waals surface area (Å²) in [6.07, 6.45) is 2.29. The van der Waals surface area contributed by atoms with E-state index in [-0.39, 0.29) is 25.0 Å². The fourth-order valence-electron chi connectivity index (χ4n) is 3.19. The first-order valence-corrected chi connectivity index (χ1v) is 11.8. The third-order valence-corrected chi connectivity index (χ3v) is 6.07. The molecule has 8 heteroatoms. The molecule has 0 aliphatic heterocycles. The second kappa shape index (κ2) is 12.9. The van der Waals surface area contributed by atoms with Gasteiger partial charge in [-0.3, -0.25) is 9.59 Å². The standard InChI is InChI=1S/C24H29Cl3N2O3/c1-4-6-11-28-24(31)22(5-2)29(14-17-7-8-18(25)13-21(17)27)23(30)15-32-19-9-10-20(26)16(3)12-19/h7-10,12-13,22H,4-6,11,14-15H2,1-3H3,(H,28,31). The molecular weight excluding hydrogens is 471 g/mol. The molecule has 0 aliphatic carbocycles.